The van der Waals surface area contributed by atoms with Crippen LogP contribution in [0, 0.1) is 125 Å². The molecule has 0 saturated carbocycles. The zero-order chi connectivity index (χ0) is 107. The van der Waals surface area contributed by atoms with E-state index in [9.17, 15) is 38.4 Å². The zero-order valence-electron chi connectivity index (χ0n) is 96.2. The smallest absolute Gasteiger partial charge is 0.186 e. The van der Waals surface area contributed by atoms with Gasteiger partial charge in [0.25, 0.3) is 0 Å². The van der Waals surface area contributed by atoms with Gasteiger partial charge in [0.2, 0.25) is 0 Å². The van der Waals surface area contributed by atoms with Crippen molar-refractivity contribution in [1.29, 1.82) is 0 Å². The molecular weight excluding hydrogens is 1780 g/mol. The van der Waals surface area contributed by atoms with E-state index in [1.165, 1.54) is 129 Å². The predicted octanol–water partition coefficient (Wildman–Crippen LogP) is 33.0. The Morgan fingerprint density at radius 2 is 0.699 bits per heavy atom. The number of carbonyl (C=O) groups is 8. The van der Waals surface area contributed by atoms with Crippen molar-refractivity contribution < 1.29 is 38.4 Å². The number of allylic oxidation sites excluding steroid dienone is 11. The number of unbranched alkanes of at least 4 members (excludes halogenated alkanes) is 8. The molecule has 9 rings (SSSR count). The summed E-state index contributed by atoms with van der Waals surface area (Å²) in [4.78, 5) is 136. The van der Waals surface area contributed by atoms with Crippen LogP contribution in [0.5, 0.6) is 0 Å². The van der Waals surface area contributed by atoms with Gasteiger partial charge in [-0.05, 0) is 281 Å². The standard InChI is InChI=1S/C47H74N2O2.C45H68N2O3.C36H50N2O3S/c1-12-18-22-37(16-5)30-49(31-38(17-6)23-19-13-2)42-29-40(45(48-42)43-33(8)26-32(7)27-34(43)9)28-41-35(10)36(11)46(50)44(47(41)51)39(24-20-14-3)25-21-15-4;1-14-18-20-34(16-3)26-47(27-35(17-4)21-19-15-2)38-25-36(41(46-38)39-29(6)22-28(5)23-30(39)7)24-37-31(8)32(9)42(48)40(43(37)49)33(10)44(50)45(11,12)13;1-11-14-19-38(20-15-12-2)35-37-31(29-22(4)17-16-18-23(29)5)28(42-35)21-27-24(6)25(7)32(39)30(33(27)40)26(13-3)34(41)36(8,9)10/h26-28,37-39,44H,12-25,29-31H2,1-11H3;22-24,33-35,40H,14-21,25-27H2,1-13H3;16-18,21,26,30H,11-15,19-20H2,1-10H3/b41-28-;37-24-;27-21-. The van der Waals surface area contributed by atoms with Crippen LogP contribution in [-0.4, -0.2) is 112 Å². The fraction of sp³-hybridized carbons (Fsp3) is 0.633. The van der Waals surface area contributed by atoms with Crippen molar-refractivity contribution in [2.75, 3.05) is 44.2 Å². The van der Waals surface area contributed by atoms with Crippen LogP contribution in [-0.2, 0) is 38.4 Å². The summed E-state index contributed by atoms with van der Waals surface area (Å²) in [7, 11) is 0. The quantitative estimate of drug-likeness (QED) is 0.0302. The van der Waals surface area contributed by atoms with Gasteiger partial charge in [0, 0.05) is 108 Å². The first-order valence-electron chi connectivity index (χ1n) is 56.4. The number of rotatable bonds is 49. The monoisotopic (exact) mass is 1970 g/mol. The van der Waals surface area contributed by atoms with Gasteiger partial charge in [-0.1, -0.05) is 319 Å². The van der Waals surface area contributed by atoms with E-state index in [4.69, 9.17) is 15.0 Å². The SMILES string of the molecule is CCCCC(CC)CN(CC(CC)CCCC)C1=NC(c2c(C)cc(C)cc2C)=C(/C=C2\C(=O)C(C(C)C(=O)C(C)(C)C)C(=O)C(C)=C2C)C1.CCCCC(CC)CN(CC(CC)CCCC)C1=NC(c2c(C)cc(C)cc2C)=C(/C=C2\C(=O)C(C(CCCC)CCCC)C(=O)C(C)=C2C)C1.CCCCN(CCCC)c1nc(-c2c(C)cccc2C)c(/C=C2\C(=O)C(C(CC)C(=O)C(C)(C)C)C(=O)C(C)=C2C)s1. The number of hydrogen-bond acceptors (Lipinski definition) is 15. The molecule has 143 heavy (non-hydrogen) atoms. The molecule has 9 atom stereocenters. The summed E-state index contributed by atoms with van der Waals surface area (Å²) in [5, 5.41) is 0.963. The Morgan fingerprint density at radius 3 is 1.03 bits per heavy atom. The number of carbonyl (C=O) groups excluding carboxylic acids is 8. The van der Waals surface area contributed by atoms with Gasteiger partial charge in [-0.25, -0.2) is 15.0 Å². The first kappa shape index (κ1) is 121. The Hall–Kier alpha value is -8.69. The first-order chi connectivity index (χ1) is 67.7. The number of anilines is 1. The van der Waals surface area contributed by atoms with Crippen molar-refractivity contribution in [2.45, 2.75) is 422 Å². The maximum absolute atomic E-state index is 14.7. The van der Waals surface area contributed by atoms with Crippen LogP contribution < -0.4 is 4.90 Å². The summed E-state index contributed by atoms with van der Waals surface area (Å²) in [6.07, 6.45) is 37.8. The molecule has 15 heteroatoms. The molecule has 788 valence electrons. The number of aliphatic imine (C=N–C) groups is 2. The summed E-state index contributed by atoms with van der Waals surface area (Å²) in [5.74, 6) is -0.0781. The number of aryl methyl sites for hydroxylation is 8. The normalized spacial score (nSPS) is 18.8. The lowest BCUT2D eigenvalue weighted by Crippen LogP contribution is -2.43. The van der Waals surface area contributed by atoms with Crippen molar-refractivity contribution in [1.82, 2.24) is 14.8 Å². The second-order valence-electron chi connectivity index (χ2n) is 45.5. The maximum atomic E-state index is 14.7. The summed E-state index contributed by atoms with van der Waals surface area (Å²) in [6, 6.07) is 15.2. The van der Waals surface area contributed by atoms with Crippen LogP contribution >= 0.6 is 11.3 Å². The van der Waals surface area contributed by atoms with E-state index in [1.807, 2.05) is 95.2 Å². The Bertz CT molecular complexity index is 5320. The number of aromatic nitrogens is 1. The topological polar surface area (TPSA) is 184 Å². The summed E-state index contributed by atoms with van der Waals surface area (Å²) in [5.41, 5.74) is 22.5. The molecule has 0 amide bonds. The van der Waals surface area contributed by atoms with Crippen LogP contribution in [0.1, 0.15) is 427 Å². The molecule has 14 nitrogen and oxygen atoms in total. The number of hydrogen-bond donors (Lipinski definition) is 0. The average Bonchev–Trinajstić information content (AvgIpc) is 1.71. The minimum absolute atomic E-state index is 0.0334. The number of amidine groups is 2. The lowest BCUT2D eigenvalue weighted by molar-refractivity contribution is -0.141. The van der Waals surface area contributed by atoms with Crippen molar-refractivity contribution in [2.24, 2.45) is 80.0 Å². The minimum Gasteiger partial charge on any atom is -0.359 e. The Morgan fingerprint density at radius 1 is 0.378 bits per heavy atom. The predicted molar refractivity (Wildman–Crippen MR) is 609 cm³/mol. The van der Waals surface area contributed by atoms with Gasteiger partial charge in [-0.15, -0.1) is 0 Å². The Kier molecular flexibility index (Phi) is 48.3. The van der Waals surface area contributed by atoms with Gasteiger partial charge < -0.3 is 14.7 Å². The van der Waals surface area contributed by atoms with E-state index in [0.29, 0.717) is 76.4 Å². The Balaban J connectivity index is 0.000000293. The molecule has 2 aliphatic heterocycles. The number of benzene rings is 3. The molecule has 3 aliphatic carbocycles. The van der Waals surface area contributed by atoms with Gasteiger partial charge in [-0.3, -0.25) is 38.4 Å². The fourth-order valence-corrected chi connectivity index (χ4v) is 23.5. The van der Waals surface area contributed by atoms with Crippen LogP contribution in [0.4, 0.5) is 5.13 Å². The van der Waals surface area contributed by atoms with Gasteiger partial charge in [-0.2, -0.15) is 0 Å². The molecule has 5 aliphatic rings. The van der Waals surface area contributed by atoms with Gasteiger partial charge in [0.1, 0.15) is 23.2 Å². The molecule has 0 fully saturated rings. The van der Waals surface area contributed by atoms with Gasteiger partial charge in [0.15, 0.2) is 39.8 Å². The summed E-state index contributed by atoms with van der Waals surface area (Å²) in [6.45, 7) is 76.5. The van der Waals surface area contributed by atoms with Crippen molar-refractivity contribution in [3.63, 3.8) is 0 Å². The number of nitrogens with zero attached hydrogens (tertiary/aromatic N) is 6. The lowest BCUT2D eigenvalue weighted by atomic mass is 9.67. The van der Waals surface area contributed by atoms with Crippen molar-refractivity contribution >= 4 is 91.9 Å². The zero-order valence-corrected chi connectivity index (χ0v) is 97.0. The lowest BCUT2D eigenvalue weighted by Gasteiger charge is -2.32. The largest absolute Gasteiger partial charge is 0.359 e. The first-order valence-corrected chi connectivity index (χ1v) is 57.2. The third kappa shape index (κ3) is 31.2. The Labute approximate surface area is 872 Å². The number of Topliss-reactive ketones (excluding diaryl/α,β-unsaturated/α-hetero) is 8. The van der Waals surface area contributed by atoms with Crippen LogP contribution in [0.15, 0.2) is 126 Å². The van der Waals surface area contributed by atoms with E-state index in [1.54, 1.807) is 25.2 Å². The molecule has 0 spiro atoms. The number of ketones is 8. The maximum Gasteiger partial charge on any atom is 0.186 e. The van der Waals surface area contributed by atoms with Crippen LogP contribution in [0.25, 0.3) is 28.7 Å². The molecule has 9 unspecified atom stereocenters. The van der Waals surface area contributed by atoms with Crippen LogP contribution in [0.2, 0.25) is 0 Å². The summed E-state index contributed by atoms with van der Waals surface area (Å²) < 4.78 is 0. The summed E-state index contributed by atoms with van der Waals surface area (Å²) >= 11 is 1.62. The van der Waals surface area contributed by atoms with Gasteiger partial charge in [0.05, 0.1) is 39.7 Å². The molecule has 0 bridgehead atoms. The highest BCUT2D eigenvalue weighted by Crippen LogP contribution is 2.48. The van der Waals surface area contributed by atoms with Crippen molar-refractivity contribution in [3.05, 3.63) is 176 Å². The molecule has 0 radical (unpaired) electrons. The third-order valence-electron chi connectivity index (χ3n) is 31.9. The molecule has 0 N–H and O–H groups in total. The molecule has 0 saturated heterocycles. The van der Waals surface area contributed by atoms with E-state index < -0.39 is 40.4 Å². The highest BCUT2D eigenvalue weighted by molar-refractivity contribution is 7.17. The van der Waals surface area contributed by atoms with Gasteiger partial charge >= 0.3 is 0 Å². The third-order valence-corrected chi connectivity index (χ3v) is 33.0. The molecule has 3 aromatic carbocycles. The second kappa shape index (κ2) is 57.0. The average molecular weight is 1980 g/mol. The molecular formula is C128H192N6O8S. The number of thiazole rings is 1. The van der Waals surface area contributed by atoms with E-state index in [0.717, 1.165) is 205 Å². The van der Waals surface area contributed by atoms with Crippen LogP contribution in [0.3, 0.4) is 0 Å². The minimum atomic E-state index is -1.00. The molecule has 4 aromatic rings. The highest BCUT2D eigenvalue weighted by atomic mass is 32.1. The van der Waals surface area contributed by atoms with E-state index in [2.05, 4.69) is 202 Å². The second-order valence-corrected chi connectivity index (χ2v) is 46.5. The van der Waals surface area contributed by atoms with E-state index in [-0.39, 0.29) is 52.2 Å². The molecule has 1 aromatic heterocycles. The fourth-order valence-electron chi connectivity index (χ4n) is 22.5. The highest BCUT2D eigenvalue weighted by Gasteiger charge is 2.49. The van der Waals surface area contributed by atoms with Crippen molar-refractivity contribution in [3.8, 4) is 11.3 Å². The van der Waals surface area contributed by atoms with E-state index >= 15 is 0 Å². The molecule has 3 heterocycles.